The number of nitro benzene ring substituents is 1. The zero-order valence-corrected chi connectivity index (χ0v) is 23.8. The molecule has 1 atom stereocenters. The van der Waals surface area contributed by atoms with Gasteiger partial charge in [-0.2, -0.15) is 0 Å². The van der Waals surface area contributed by atoms with Crippen molar-refractivity contribution in [1.29, 1.82) is 0 Å². The highest BCUT2D eigenvalue weighted by atomic mass is 35.5. The van der Waals surface area contributed by atoms with Crippen molar-refractivity contribution in [3.63, 3.8) is 0 Å². The number of carbonyl (C=O) groups is 2. The average molecular weight is 589 g/mol. The molecule has 0 aliphatic carbocycles. The number of nitrogens with zero attached hydrogens (tertiary/aromatic N) is 3. The molecular formula is C24H30Cl2N4O7S. The van der Waals surface area contributed by atoms with Crippen LogP contribution in [0.5, 0.6) is 5.75 Å². The maximum absolute atomic E-state index is 13.6. The van der Waals surface area contributed by atoms with Crippen LogP contribution >= 0.6 is 23.2 Å². The Morgan fingerprint density at radius 2 is 1.87 bits per heavy atom. The highest BCUT2D eigenvalue weighted by molar-refractivity contribution is 7.92. The number of amides is 2. The van der Waals surface area contributed by atoms with E-state index in [2.05, 4.69) is 5.32 Å². The van der Waals surface area contributed by atoms with Gasteiger partial charge in [0.25, 0.3) is 5.69 Å². The molecule has 0 fully saturated rings. The third kappa shape index (κ3) is 8.20. The van der Waals surface area contributed by atoms with Gasteiger partial charge >= 0.3 is 0 Å². The third-order valence-electron chi connectivity index (χ3n) is 5.67. The first-order chi connectivity index (χ1) is 17.8. The molecule has 0 bridgehead atoms. The fourth-order valence-electron chi connectivity index (χ4n) is 3.53. The number of rotatable bonds is 13. The van der Waals surface area contributed by atoms with Crippen molar-refractivity contribution < 1.29 is 27.7 Å². The van der Waals surface area contributed by atoms with Crippen LogP contribution in [-0.2, 0) is 26.2 Å². The van der Waals surface area contributed by atoms with Crippen LogP contribution in [0.3, 0.4) is 0 Å². The Balaban J connectivity index is 2.51. The number of benzene rings is 2. The monoisotopic (exact) mass is 588 g/mol. The zero-order valence-electron chi connectivity index (χ0n) is 21.4. The Bertz CT molecular complexity index is 1290. The van der Waals surface area contributed by atoms with E-state index in [0.29, 0.717) is 21.4 Å². The van der Waals surface area contributed by atoms with Gasteiger partial charge in [-0.1, -0.05) is 42.6 Å². The molecule has 0 saturated carbocycles. The van der Waals surface area contributed by atoms with Gasteiger partial charge in [0.15, 0.2) is 0 Å². The number of ether oxygens (including phenoxy) is 1. The topological polar surface area (TPSA) is 139 Å². The Labute approximate surface area is 231 Å². The predicted octanol–water partition coefficient (Wildman–Crippen LogP) is 4.01. The molecule has 208 valence electrons. The predicted molar refractivity (Wildman–Crippen MR) is 146 cm³/mol. The number of hydrogen-bond acceptors (Lipinski definition) is 7. The van der Waals surface area contributed by atoms with E-state index in [-0.39, 0.29) is 23.0 Å². The summed E-state index contributed by atoms with van der Waals surface area (Å²) in [5.41, 5.74) is -0.103. The normalized spacial score (nSPS) is 11.9. The van der Waals surface area contributed by atoms with E-state index in [9.17, 15) is 28.1 Å². The van der Waals surface area contributed by atoms with Gasteiger partial charge in [-0.3, -0.25) is 24.0 Å². The van der Waals surface area contributed by atoms with Gasteiger partial charge < -0.3 is 15.0 Å². The van der Waals surface area contributed by atoms with E-state index in [1.165, 1.54) is 31.1 Å². The summed E-state index contributed by atoms with van der Waals surface area (Å²) >= 11 is 12.3. The van der Waals surface area contributed by atoms with Crippen LogP contribution in [0.25, 0.3) is 0 Å². The highest BCUT2D eigenvalue weighted by Gasteiger charge is 2.32. The lowest BCUT2D eigenvalue weighted by molar-refractivity contribution is -0.384. The molecule has 0 radical (unpaired) electrons. The van der Waals surface area contributed by atoms with Gasteiger partial charge in [0.05, 0.1) is 18.3 Å². The Hall–Kier alpha value is -3.09. The molecule has 2 rings (SSSR count). The minimum absolute atomic E-state index is 0.00600. The second-order valence-corrected chi connectivity index (χ2v) is 11.2. The molecule has 2 aromatic carbocycles. The molecule has 0 heterocycles. The summed E-state index contributed by atoms with van der Waals surface area (Å²) in [5.74, 6) is -1.17. The van der Waals surface area contributed by atoms with Crippen LogP contribution in [-0.4, -0.2) is 62.6 Å². The Morgan fingerprint density at radius 3 is 2.42 bits per heavy atom. The number of sulfonamides is 1. The number of methoxy groups -OCH3 is 1. The molecule has 0 spiro atoms. The Morgan fingerprint density at radius 1 is 1.18 bits per heavy atom. The smallest absolute Gasteiger partial charge is 0.271 e. The second-order valence-electron chi connectivity index (χ2n) is 8.46. The van der Waals surface area contributed by atoms with Gasteiger partial charge in [-0.15, -0.1) is 0 Å². The fraction of sp³-hybridized carbons (Fsp3) is 0.417. The van der Waals surface area contributed by atoms with E-state index < -0.39 is 45.0 Å². The first-order valence-electron chi connectivity index (χ1n) is 11.6. The lowest BCUT2D eigenvalue weighted by Gasteiger charge is -2.32. The number of nitro groups is 1. The number of non-ortho nitro benzene ring substituents is 1. The van der Waals surface area contributed by atoms with Crippen LogP contribution in [0.15, 0.2) is 36.4 Å². The lowest BCUT2D eigenvalue weighted by atomic mass is 10.1. The molecule has 2 amide bonds. The van der Waals surface area contributed by atoms with Crippen molar-refractivity contribution in [1.82, 2.24) is 10.2 Å². The van der Waals surface area contributed by atoms with Crippen LogP contribution in [0.4, 0.5) is 11.4 Å². The van der Waals surface area contributed by atoms with Crippen LogP contribution < -0.4 is 14.4 Å². The number of hydrogen-bond donors (Lipinski definition) is 1. The average Bonchev–Trinajstić information content (AvgIpc) is 2.85. The maximum Gasteiger partial charge on any atom is 0.271 e. The SMILES string of the molecule is CCCCNC(=O)C(C)N(Cc1ccc(Cl)cc1Cl)C(=O)CN(c1cc([N+](=O)[O-])ccc1OC)S(C)(=O)=O. The highest BCUT2D eigenvalue weighted by Crippen LogP contribution is 2.34. The van der Waals surface area contributed by atoms with Crippen molar-refractivity contribution in [2.24, 2.45) is 0 Å². The summed E-state index contributed by atoms with van der Waals surface area (Å²) in [4.78, 5) is 38.4. The van der Waals surface area contributed by atoms with E-state index in [1.807, 2.05) is 6.92 Å². The molecule has 1 N–H and O–H groups in total. The summed E-state index contributed by atoms with van der Waals surface area (Å²) in [7, 11) is -2.86. The molecule has 0 aliphatic heterocycles. The van der Waals surface area contributed by atoms with Gasteiger partial charge in [0, 0.05) is 35.3 Å². The Kier molecular flexibility index (Phi) is 11.2. The van der Waals surface area contributed by atoms with E-state index in [0.717, 1.165) is 31.2 Å². The molecule has 0 saturated heterocycles. The number of halogens is 2. The summed E-state index contributed by atoms with van der Waals surface area (Å²) in [6.45, 7) is 3.01. The first-order valence-corrected chi connectivity index (χ1v) is 14.2. The summed E-state index contributed by atoms with van der Waals surface area (Å²) in [6, 6.07) is 7.07. The largest absolute Gasteiger partial charge is 0.495 e. The minimum atomic E-state index is -4.13. The number of nitrogens with one attached hydrogen (secondary N) is 1. The zero-order chi connectivity index (χ0) is 28.6. The van der Waals surface area contributed by atoms with E-state index in [4.69, 9.17) is 27.9 Å². The van der Waals surface area contributed by atoms with Crippen molar-refractivity contribution in [2.75, 3.05) is 30.8 Å². The molecule has 0 aliphatic rings. The molecule has 38 heavy (non-hydrogen) atoms. The summed E-state index contributed by atoms with van der Waals surface area (Å²) < 4.78 is 31.5. The van der Waals surface area contributed by atoms with E-state index in [1.54, 1.807) is 12.1 Å². The fourth-order valence-corrected chi connectivity index (χ4v) is 4.85. The van der Waals surface area contributed by atoms with Gasteiger partial charge in [0.2, 0.25) is 21.8 Å². The molecule has 2 aromatic rings. The maximum atomic E-state index is 13.6. The molecule has 14 heteroatoms. The number of carbonyl (C=O) groups excluding carboxylic acids is 2. The molecular weight excluding hydrogens is 559 g/mol. The molecule has 1 unspecified atom stereocenters. The number of unbranched alkanes of at least 4 members (excludes halogenated alkanes) is 1. The van der Waals surface area contributed by atoms with Crippen LogP contribution in [0, 0.1) is 10.1 Å². The number of anilines is 1. The van der Waals surface area contributed by atoms with E-state index >= 15 is 0 Å². The van der Waals surface area contributed by atoms with Gasteiger partial charge in [0.1, 0.15) is 24.0 Å². The van der Waals surface area contributed by atoms with Gasteiger partial charge in [-0.25, -0.2) is 8.42 Å². The molecule has 0 aromatic heterocycles. The first kappa shape index (κ1) is 31.1. The lowest BCUT2D eigenvalue weighted by Crippen LogP contribution is -2.51. The van der Waals surface area contributed by atoms with Crippen molar-refractivity contribution in [2.45, 2.75) is 39.3 Å². The van der Waals surface area contributed by atoms with Crippen LogP contribution in [0.1, 0.15) is 32.3 Å². The summed E-state index contributed by atoms with van der Waals surface area (Å²) in [5, 5.41) is 14.7. The van der Waals surface area contributed by atoms with Crippen molar-refractivity contribution >= 4 is 56.4 Å². The molecule has 11 nitrogen and oxygen atoms in total. The van der Waals surface area contributed by atoms with Crippen LogP contribution in [0.2, 0.25) is 10.0 Å². The van der Waals surface area contributed by atoms with Crippen molar-refractivity contribution in [3.8, 4) is 5.75 Å². The second kappa shape index (κ2) is 13.6. The summed E-state index contributed by atoms with van der Waals surface area (Å²) in [6.07, 6.45) is 2.45. The van der Waals surface area contributed by atoms with Gasteiger partial charge in [-0.05, 0) is 37.1 Å². The minimum Gasteiger partial charge on any atom is -0.495 e. The standard InChI is InChI=1S/C24H30Cl2N4O7S/c1-5-6-11-27-24(32)16(2)28(14-17-7-8-18(25)12-20(17)26)23(31)15-29(38(4,35)36)21-13-19(30(33)34)9-10-22(21)37-3/h7-10,12-13,16H,5-6,11,14-15H2,1-4H3,(H,27,32). The third-order valence-corrected chi connectivity index (χ3v) is 7.39. The van der Waals surface area contributed by atoms with Crippen molar-refractivity contribution in [3.05, 3.63) is 62.1 Å². The quantitative estimate of drug-likeness (QED) is 0.212.